The third-order valence-corrected chi connectivity index (χ3v) is 2.67. The molecule has 0 unspecified atom stereocenters. The number of halogens is 1. The van der Waals surface area contributed by atoms with Crippen LogP contribution in [0.2, 0.25) is 5.02 Å². The topological polar surface area (TPSA) is 3.24 Å². The molecule has 0 aliphatic heterocycles. The lowest BCUT2D eigenvalue weighted by molar-refractivity contribution is 0.363. The van der Waals surface area contributed by atoms with Gasteiger partial charge in [-0.15, -0.1) is 0 Å². The van der Waals surface area contributed by atoms with Gasteiger partial charge in [-0.25, -0.2) is 0 Å². The molecule has 0 aromatic heterocycles. The van der Waals surface area contributed by atoms with E-state index in [2.05, 4.69) is 36.7 Å². The molecule has 0 spiro atoms. The van der Waals surface area contributed by atoms with Crippen LogP contribution in [0.5, 0.6) is 0 Å². The van der Waals surface area contributed by atoms with Gasteiger partial charge in [-0.1, -0.05) is 42.0 Å². The van der Waals surface area contributed by atoms with E-state index in [1.165, 1.54) is 5.56 Å². The van der Waals surface area contributed by atoms with Crippen LogP contribution in [0.1, 0.15) is 5.56 Å². The highest BCUT2D eigenvalue weighted by atomic mass is 35.5. The summed E-state index contributed by atoms with van der Waals surface area (Å²) in [4.78, 5) is 2.21. The van der Waals surface area contributed by atoms with Gasteiger partial charge in [-0.05, 0) is 18.7 Å². The molecule has 0 bridgehead atoms. The van der Waals surface area contributed by atoms with Crippen molar-refractivity contribution in [3.05, 3.63) is 47.0 Å². The Kier molecular flexibility index (Phi) is 5.84. The zero-order chi connectivity index (χ0) is 11.1. The first-order valence-corrected chi connectivity index (χ1v) is 5.93. The molecule has 0 saturated heterocycles. The summed E-state index contributed by atoms with van der Waals surface area (Å²) in [5.74, 6) is 0.792. The van der Waals surface area contributed by atoms with Crippen LogP contribution >= 0.6 is 24.2 Å². The Morgan fingerprint density at radius 3 is 2.73 bits per heavy atom. The van der Waals surface area contributed by atoms with E-state index in [9.17, 15) is 0 Å². The monoisotopic (exact) mass is 241 g/mol. The largest absolute Gasteiger partial charge is 0.298 e. The van der Waals surface area contributed by atoms with E-state index in [4.69, 9.17) is 11.6 Å². The Labute approximate surface area is 102 Å². The van der Waals surface area contributed by atoms with Gasteiger partial charge in [0.25, 0.3) is 0 Å². The Morgan fingerprint density at radius 1 is 1.33 bits per heavy atom. The van der Waals surface area contributed by atoms with Gasteiger partial charge < -0.3 is 0 Å². The van der Waals surface area contributed by atoms with E-state index in [0.29, 0.717) is 0 Å². The number of rotatable bonds is 5. The number of hydrogen-bond donors (Lipinski definition) is 1. The summed E-state index contributed by atoms with van der Waals surface area (Å²) in [5, 5.41) is 0.836. The third kappa shape index (κ3) is 4.74. The standard InChI is InChI=1S/C12H16ClNS/c1-14(8-4-5-9-15)10-11-6-2-3-7-12(11)13/h2-7,15H,8-10H2,1H3. The number of likely N-dealkylation sites (N-methyl/N-ethyl adjacent to an activating group) is 1. The van der Waals surface area contributed by atoms with Crippen LogP contribution in [0, 0.1) is 0 Å². The van der Waals surface area contributed by atoms with E-state index in [1.54, 1.807) is 0 Å². The van der Waals surface area contributed by atoms with E-state index >= 15 is 0 Å². The summed E-state index contributed by atoms with van der Waals surface area (Å²) in [7, 11) is 2.08. The molecule has 0 N–H and O–H groups in total. The summed E-state index contributed by atoms with van der Waals surface area (Å²) in [6, 6.07) is 7.95. The summed E-state index contributed by atoms with van der Waals surface area (Å²) in [6.07, 6.45) is 4.16. The average Bonchev–Trinajstić information content (AvgIpc) is 2.22. The van der Waals surface area contributed by atoms with Gasteiger partial charge in [0.1, 0.15) is 0 Å². The lowest BCUT2D eigenvalue weighted by Gasteiger charge is -2.15. The van der Waals surface area contributed by atoms with Crippen LogP contribution < -0.4 is 0 Å². The maximum atomic E-state index is 6.07. The van der Waals surface area contributed by atoms with Crippen molar-refractivity contribution in [1.82, 2.24) is 4.90 Å². The summed E-state index contributed by atoms with van der Waals surface area (Å²) >= 11 is 10.2. The molecule has 0 aliphatic rings. The Balaban J connectivity index is 2.47. The predicted octanol–water partition coefficient (Wildman–Crippen LogP) is 3.26. The van der Waals surface area contributed by atoms with E-state index in [-0.39, 0.29) is 0 Å². The normalized spacial score (nSPS) is 11.5. The van der Waals surface area contributed by atoms with E-state index in [0.717, 1.165) is 23.9 Å². The van der Waals surface area contributed by atoms with Crippen LogP contribution in [0.3, 0.4) is 0 Å². The lowest BCUT2D eigenvalue weighted by Crippen LogP contribution is -2.17. The van der Waals surface area contributed by atoms with Gasteiger partial charge in [0, 0.05) is 23.9 Å². The van der Waals surface area contributed by atoms with Crippen LogP contribution in [0.15, 0.2) is 36.4 Å². The fraction of sp³-hybridized carbons (Fsp3) is 0.333. The van der Waals surface area contributed by atoms with Gasteiger partial charge in [-0.3, -0.25) is 4.90 Å². The second kappa shape index (κ2) is 6.94. The molecule has 3 heteroatoms. The highest BCUT2D eigenvalue weighted by Crippen LogP contribution is 2.16. The summed E-state index contributed by atoms with van der Waals surface area (Å²) < 4.78 is 0. The third-order valence-electron chi connectivity index (χ3n) is 2.09. The van der Waals surface area contributed by atoms with E-state index in [1.807, 2.05) is 24.3 Å². The Hall–Kier alpha value is -0.440. The highest BCUT2D eigenvalue weighted by Gasteiger charge is 2.01. The fourth-order valence-electron chi connectivity index (χ4n) is 1.31. The van der Waals surface area contributed by atoms with Crippen LogP contribution in [-0.2, 0) is 6.54 Å². The SMILES string of the molecule is CN(CC=CCS)Cc1ccccc1Cl. The van der Waals surface area contributed by atoms with Crippen molar-refractivity contribution >= 4 is 24.2 Å². The number of benzene rings is 1. The van der Waals surface area contributed by atoms with Gasteiger partial charge in [0.05, 0.1) is 0 Å². The molecule has 0 heterocycles. The number of hydrogen-bond acceptors (Lipinski definition) is 2. The molecule has 0 amide bonds. The first kappa shape index (κ1) is 12.6. The second-order valence-corrected chi connectivity index (χ2v) is 4.21. The van der Waals surface area contributed by atoms with Gasteiger partial charge in [-0.2, -0.15) is 12.6 Å². The molecule has 1 nitrogen and oxygen atoms in total. The summed E-state index contributed by atoms with van der Waals surface area (Å²) in [6.45, 7) is 1.79. The molecule has 1 aromatic carbocycles. The van der Waals surface area contributed by atoms with Crippen LogP contribution in [0.25, 0.3) is 0 Å². The van der Waals surface area contributed by atoms with Crippen molar-refractivity contribution in [2.75, 3.05) is 19.3 Å². The Morgan fingerprint density at radius 2 is 2.07 bits per heavy atom. The minimum atomic E-state index is 0.792. The molecule has 0 radical (unpaired) electrons. The molecule has 0 atom stereocenters. The van der Waals surface area contributed by atoms with Gasteiger partial charge in [0.15, 0.2) is 0 Å². The quantitative estimate of drug-likeness (QED) is 0.612. The Bertz CT molecular complexity index is 325. The number of nitrogens with zero attached hydrogens (tertiary/aromatic N) is 1. The number of thiol groups is 1. The van der Waals surface area contributed by atoms with Crippen LogP contribution in [0.4, 0.5) is 0 Å². The molecule has 0 aliphatic carbocycles. The van der Waals surface area contributed by atoms with Crippen LogP contribution in [-0.4, -0.2) is 24.2 Å². The minimum Gasteiger partial charge on any atom is -0.298 e. The zero-order valence-electron chi connectivity index (χ0n) is 8.86. The van der Waals surface area contributed by atoms with E-state index < -0.39 is 0 Å². The molecule has 0 saturated carbocycles. The molecule has 15 heavy (non-hydrogen) atoms. The van der Waals surface area contributed by atoms with Crippen molar-refractivity contribution in [1.29, 1.82) is 0 Å². The zero-order valence-corrected chi connectivity index (χ0v) is 10.5. The summed E-state index contributed by atoms with van der Waals surface area (Å²) in [5.41, 5.74) is 1.17. The van der Waals surface area contributed by atoms with Crippen molar-refractivity contribution in [2.45, 2.75) is 6.54 Å². The lowest BCUT2D eigenvalue weighted by atomic mass is 10.2. The first-order valence-electron chi connectivity index (χ1n) is 4.92. The highest BCUT2D eigenvalue weighted by molar-refractivity contribution is 7.80. The fourth-order valence-corrected chi connectivity index (χ4v) is 1.66. The van der Waals surface area contributed by atoms with Crippen molar-refractivity contribution in [3.8, 4) is 0 Å². The molecular formula is C12H16ClNS. The maximum Gasteiger partial charge on any atom is 0.0451 e. The average molecular weight is 242 g/mol. The minimum absolute atomic E-state index is 0.792. The van der Waals surface area contributed by atoms with Crippen molar-refractivity contribution < 1.29 is 0 Å². The van der Waals surface area contributed by atoms with Crippen molar-refractivity contribution in [3.63, 3.8) is 0 Å². The van der Waals surface area contributed by atoms with Gasteiger partial charge in [0.2, 0.25) is 0 Å². The molecule has 82 valence electrons. The van der Waals surface area contributed by atoms with Gasteiger partial charge >= 0.3 is 0 Å². The first-order chi connectivity index (χ1) is 7.24. The molecule has 1 aromatic rings. The predicted molar refractivity (Wildman–Crippen MR) is 70.8 cm³/mol. The molecule has 0 fully saturated rings. The smallest absolute Gasteiger partial charge is 0.0451 e. The van der Waals surface area contributed by atoms with Crippen molar-refractivity contribution in [2.24, 2.45) is 0 Å². The molecule has 1 rings (SSSR count). The maximum absolute atomic E-state index is 6.07. The molecular weight excluding hydrogens is 226 g/mol. The second-order valence-electron chi connectivity index (χ2n) is 3.44.